The maximum atomic E-state index is 12.6. The number of nitrogens with two attached hydrogens (primary N) is 2. The van der Waals surface area contributed by atoms with Crippen molar-refractivity contribution in [1.82, 2.24) is 4.98 Å². The van der Waals surface area contributed by atoms with Crippen LogP contribution in [0.2, 0.25) is 0 Å². The molecular weight excluding hydrogens is 208 g/mol. The van der Waals surface area contributed by atoms with Gasteiger partial charge in [0.05, 0.1) is 24.6 Å². The highest BCUT2D eigenvalue weighted by Gasteiger charge is 2.23. The summed E-state index contributed by atoms with van der Waals surface area (Å²) < 4.78 is 29.9. The quantitative estimate of drug-likeness (QED) is 0.779. The summed E-state index contributed by atoms with van der Waals surface area (Å²) in [6.45, 7) is 0. The fraction of sp³-hybridized carbons (Fsp3) is 0.250. The number of methoxy groups -OCH3 is 1. The van der Waals surface area contributed by atoms with E-state index in [4.69, 9.17) is 16.2 Å². The molecule has 4 N–H and O–H groups in total. The van der Waals surface area contributed by atoms with Crippen molar-refractivity contribution in [2.45, 2.75) is 6.43 Å². The molecule has 0 atom stereocenters. The van der Waals surface area contributed by atoms with Crippen LogP contribution in [0.25, 0.3) is 0 Å². The van der Waals surface area contributed by atoms with E-state index in [-0.39, 0.29) is 11.4 Å². The number of halogens is 2. The summed E-state index contributed by atoms with van der Waals surface area (Å²) in [5.41, 5.74) is 8.71. The van der Waals surface area contributed by atoms with Gasteiger partial charge in [-0.25, -0.2) is 13.8 Å². The molecule has 0 aromatic carbocycles. The lowest BCUT2D eigenvalue weighted by atomic mass is 10.1. The minimum absolute atomic E-state index is 0.0182. The molecule has 0 radical (unpaired) electrons. The molecular formula is C8H9F2N3O2. The van der Waals surface area contributed by atoms with Crippen LogP contribution in [0, 0.1) is 0 Å². The van der Waals surface area contributed by atoms with Crippen molar-refractivity contribution < 1.29 is 18.3 Å². The van der Waals surface area contributed by atoms with Crippen LogP contribution >= 0.6 is 0 Å². The summed E-state index contributed by atoms with van der Waals surface area (Å²) in [5.74, 6) is -1.07. The number of primary amides is 1. The topological polar surface area (TPSA) is 91.2 Å². The van der Waals surface area contributed by atoms with Gasteiger partial charge in [0.2, 0.25) is 0 Å². The number of hydrogen-bond acceptors (Lipinski definition) is 4. The van der Waals surface area contributed by atoms with Crippen LogP contribution < -0.4 is 16.2 Å². The summed E-state index contributed by atoms with van der Waals surface area (Å²) in [6, 6.07) is 0. The lowest BCUT2D eigenvalue weighted by Gasteiger charge is -2.11. The Morgan fingerprint density at radius 3 is 2.60 bits per heavy atom. The molecule has 0 bridgehead atoms. The van der Waals surface area contributed by atoms with E-state index in [9.17, 15) is 13.6 Å². The lowest BCUT2D eigenvalue weighted by molar-refractivity contribution is 0.0980. The van der Waals surface area contributed by atoms with Gasteiger partial charge in [0, 0.05) is 0 Å². The van der Waals surface area contributed by atoms with Crippen LogP contribution in [-0.4, -0.2) is 18.0 Å². The number of alkyl halides is 2. The second-order valence-corrected chi connectivity index (χ2v) is 2.67. The number of rotatable bonds is 3. The summed E-state index contributed by atoms with van der Waals surface area (Å²) in [4.78, 5) is 14.3. The van der Waals surface area contributed by atoms with Crippen molar-refractivity contribution in [3.05, 3.63) is 17.5 Å². The smallest absolute Gasteiger partial charge is 0.268 e. The van der Waals surface area contributed by atoms with E-state index in [2.05, 4.69) is 4.98 Å². The average molecular weight is 217 g/mol. The van der Waals surface area contributed by atoms with Gasteiger partial charge in [-0.2, -0.15) is 0 Å². The van der Waals surface area contributed by atoms with Crippen molar-refractivity contribution in [2.75, 3.05) is 12.8 Å². The Kier molecular flexibility index (Phi) is 3.03. The molecule has 1 amide bonds. The third-order valence-electron chi connectivity index (χ3n) is 1.79. The molecule has 7 heteroatoms. The first-order valence-corrected chi connectivity index (χ1v) is 3.89. The first-order chi connectivity index (χ1) is 6.99. The molecule has 5 nitrogen and oxygen atoms in total. The average Bonchev–Trinajstić information content (AvgIpc) is 2.16. The molecule has 82 valence electrons. The fourth-order valence-electron chi connectivity index (χ4n) is 1.10. The SMILES string of the molecule is COc1cnc(C(N)=O)c(C(F)F)c1N. The minimum Gasteiger partial charge on any atom is -0.493 e. The Balaban J connectivity index is 3.44. The summed E-state index contributed by atoms with van der Waals surface area (Å²) in [6.07, 6.45) is -1.86. The number of hydrogen-bond donors (Lipinski definition) is 2. The van der Waals surface area contributed by atoms with Crippen LogP contribution in [0.5, 0.6) is 5.75 Å². The maximum Gasteiger partial charge on any atom is 0.268 e. The Hall–Kier alpha value is -1.92. The largest absolute Gasteiger partial charge is 0.493 e. The molecule has 0 saturated heterocycles. The number of amides is 1. The zero-order valence-electron chi connectivity index (χ0n) is 7.83. The van der Waals surface area contributed by atoms with Gasteiger partial charge in [0.15, 0.2) is 5.75 Å². The van der Waals surface area contributed by atoms with Crippen LogP contribution in [0.3, 0.4) is 0 Å². The molecule has 0 saturated carbocycles. The Morgan fingerprint density at radius 1 is 1.60 bits per heavy atom. The van der Waals surface area contributed by atoms with Crippen molar-refractivity contribution in [2.24, 2.45) is 5.73 Å². The Labute approximate surface area is 84.0 Å². The van der Waals surface area contributed by atoms with Gasteiger partial charge >= 0.3 is 0 Å². The summed E-state index contributed by atoms with van der Waals surface area (Å²) in [5, 5.41) is 0. The molecule has 0 spiro atoms. The predicted octanol–water partition coefficient (Wildman–Crippen LogP) is 0.709. The third kappa shape index (κ3) is 1.95. The highest BCUT2D eigenvalue weighted by atomic mass is 19.3. The van der Waals surface area contributed by atoms with Gasteiger partial charge in [0.1, 0.15) is 5.69 Å². The number of aromatic nitrogens is 1. The highest BCUT2D eigenvalue weighted by Crippen LogP contribution is 2.33. The molecule has 0 aliphatic heterocycles. The van der Waals surface area contributed by atoms with Crippen LogP contribution in [-0.2, 0) is 0 Å². The number of anilines is 1. The highest BCUT2D eigenvalue weighted by molar-refractivity contribution is 5.94. The van der Waals surface area contributed by atoms with Gasteiger partial charge in [0.25, 0.3) is 12.3 Å². The number of nitrogen functional groups attached to an aromatic ring is 1. The van der Waals surface area contributed by atoms with Crippen molar-refractivity contribution in [3.63, 3.8) is 0 Å². The minimum atomic E-state index is -2.94. The zero-order valence-corrected chi connectivity index (χ0v) is 7.83. The molecule has 0 unspecified atom stereocenters. The van der Waals surface area contributed by atoms with Crippen molar-refractivity contribution in [3.8, 4) is 5.75 Å². The van der Waals surface area contributed by atoms with Gasteiger partial charge in [-0.3, -0.25) is 4.79 Å². The van der Waals surface area contributed by atoms with E-state index in [0.29, 0.717) is 0 Å². The van der Waals surface area contributed by atoms with E-state index in [0.717, 1.165) is 6.20 Å². The second-order valence-electron chi connectivity index (χ2n) is 2.67. The lowest BCUT2D eigenvalue weighted by Crippen LogP contribution is -2.18. The number of ether oxygens (including phenoxy) is 1. The zero-order chi connectivity index (χ0) is 11.6. The first-order valence-electron chi connectivity index (χ1n) is 3.89. The van der Waals surface area contributed by atoms with Crippen LogP contribution in [0.1, 0.15) is 22.5 Å². The fourth-order valence-corrected chi connectivity index (χ4v) is 1.10. The van der Waals surface area contributed by atoms with E-state index in [1.807, 2.05) is 0 Å². The summed E-state index contributed by atoms with van der Waals surface area (Å²) in [7, 11) is 1.26. The molecule has 15 heavy (non-hydrogen) atoms. The normalized spacial score (nSPS) is 10.4. The molecule has 1 heterocycles. The monoisotopic (exact) mass is 217 g/mol. The van der Waals surface area contributed by atoms with Gasteiger partial charge < -0.3 is 16.2 Å². The summed E-state index contributed by atoms with van der Waals surface area (Å²) >= 11 is 0. The number of carbonyl (C=O) groups excluding carboxylic acids is 1. The van der Waals surface area contributed by atoms with Gasteiger partial charge in [-0.05, 0) is 0 Å². The molecule has 1 aromatic rings. The van der Waals surface area contributed by atoms with Gasteiger partial charge in [-0.15, -0.1) is 0 Å². The van der Waals surface area contributed by atoms with Crippen molar-refractivity contribution >= 4 is 11.6 Å². The van der Waals surface area contributed by atoms with Crippen LogP contribution in [0.15, 0.2) is 6.20 Å². The molecule has 1 rings (SSSR count). The van der Waals surface area contributed by atoms with Crippen molar-refractivity contribution in [1.29, 1.82) is 0 Å². The van der Waals surface area contributed by atoms with E-state index < -0.39 is 23.6 Å². The van der Waals surface area contributed by atoms with Gasteiger partial charge in [-0.1, -0.05) is 0 Å². The second kappa shape index (κ2) is 4.07. The van der Waals surface area contributed by atoms with E-state index >= 15 is 0 Å². The number of nitrogens with zero attached hydrogens (tertiary/aromatic N) is 1. The Morgan fingerprint density at radius 2 is 2.20 bits per heavy atom. The van der Waals surface area contributed by atoms with E-state index in [1.54, 1.807) is 0 Å². The standard InChI is InChI=1S/C8H9F2N3O2/c1-15-3-2-13-6(8(12)14)4(5(3)11)7(9)10/h2,7H,1H3,(H2,11,13)(H2,12,14). The predicted molar refractivity (Wildman–Crippen MR) is 48.7 cm³/mol. The number of pyridine rings is 1. The van der Waals surface area contributed by atoms with Crippen LogP contribution in [0.4, 0.5) is 14.5 Å². The Bertz CT molecular complexity index is 396. The first kappa shape index (κ1) is 11.2. The molecule has 0 fully saturated rings. The maximum absolute atomic E-state index is 12.6. The van der Waals surface area contributed by atoms with E-state index in [1.165, 1.54) is 7.11 Å². The third-order valence-corrected chi connectivity index (χ3v) is 1.79. The molecule has 0 aliphatic carbocycles. The molecule has 0 aliphatic rings. The molecule has 1 aromatic heterocycles. The number of carbonyl (C=O) groups is 1.